The highest BCUT2D eigenvalue weighted by Gasteiger charge is 2.32. The van der Waals surface area contributed by atoms with Gasteiger partial charge in [0.2, 0.25) is 0 Å². The maximum Gasteiger partial charge on any atom is 0.338 e. The van der Waals surface area contributed by atoms with Crippen LogP contribution in [0.25, 0.3) is 6.08 Å². The van der Waals surface area contributed by atoms with Gasteiger partial charge in [-0.25, -0.2) is 9.79 Å². The molecule has 1 aliphatic heterocycles. The topological polar surface area (TPSA) is 69.9 Å². The summed E-state index contributed by atoms with van der Waals surface area (Å²) in [6.07, 6.45) is 3.49. The van der Waals surface area contributed by atoms with Crippen molar-refractivity contribution in [2.75, 3.05) is 13.7 Å². The monoisotopic (exact) mass is 446 g/mol. The first-order chi connectivity index (χ1) is 15.5. The van der Waals surface area contributed by atoms with Crippen molar-refractivity contribution >= 4 is 23.4 Å². The number of methoxy groups -OCH3 is 1. The van der Waals surface area contributed by atoms with Gasteiger partial charge < -0.3 is 9.47 Å². The number of ether oxygens (including phenoxy) is 2. The fourth-order valence-corrected chi connectivity index (χ4v) is 4.69. The molecule has 1 aromatic heterocycles. The molecule has 0 spiro atoms. The number of carbonyl (C=O) groups excluding carboxylic acids is 1. The minimum Gasteiger partial charge on any atom is -0.490 e. The van der Waals surface area contributed by atoms with Gasteiger partial charge in [-0.15, -0.1) is 0 Å². The lowest BCUT2D eigenvalue weighted by atomic mass is 9.96. The molecule has 2 heterocycles. The smallest absolute Gasteiger partial charge is 0.338 e. The zero-order chi connectivity index (χ0) is 22.7. The second kappa shape index (κ2) is 9.20. The third-order valence-electron chi connectivity index (χ3n) is 5.07. The molecule has 0 radical (unpaired) electrons. The predicted molar refractivity (Wildman–Crippen MR) is 124 cm³/mol. The molecule has 162 valence electrons. The molecule has 0 N–H and O–H groups in total. The van der Waals surface area contributed by atoms with Crippen LogP contribution >= 0.6 is 11.3 Å². The van der Waals surface area contributed by atoms with E-state index in [1.54, 1.807) is 17.6 Å². The van der Waals surface area contributed by atoms with E-state index < -0.39 is 12.0 Å². The number of aromatic nitrogens is 1. The molecule has 32 heavy (non-hydrogen) atoms. The summed E-state index contributed by atoms with van der Waals surface area (Å²) in [5.41, 5.74) is 2.33. The highest BCUT2D eigenvalue weighted by molar-refractivity contribution is 7.07. The van der Waals surface area contributed by atoms with E-state index in [0.29, 0.717) is 33.0 Å². The first kappa shape index (κ1) is 21.5. The number of nitrogens with zero attached hydrogens (tertiary/aromatic N) is 2. The van der Waals surface area contributed by atoms with E-state index in [1.807, 2.05) is 60.7 Å². The Kier molecular flexibility index (Phi) is 6.18. The number of hydrogen-bond donors (Lipinski definition) is 0. The van der Waals surface area contributed by atoms with Gasteiger partial charge in [0.15, 0.2) is 4.80 Å². The van der Waals surface area contributed by atoms with Crippen LogP contribution in [0, 0.1) is 0 Å². The molecule has 1 aliphatic rings. The van der Waals surface area contributed by atoms with Crippen molar-refractivity contribution in [3.8, 4) is 5.75 Å². The lowest BCUT2D eigenvalue weighted by molar-refractivity contribution is -0.136. The van der Waals surface area contributed by atoms with Gasteiger partial charge in [0, 0.05) is 0 Å². The molecule has 0 saturated carbocycles. The van der Waals surface area contributed by atoms with Gasteiger partial charge in [-0.05, 0) is 36.3 Å². The Morgan fingerprint density at radius 2 is 2.00 bits per heavy atom. The van der Waals surface area contributed by atoms with Crippen LogP contribution in [-0.2, 0) is 9.53 Å². The largest absolute Gasteiger partial charge is 0.490 e. The van der Waals surface area contributed by atoms with Crippen LogP contribution in [0.4, 0.5) is 0 Å². The summed E-state index contributed by atoms with van der Waals surface area (Å²) in [6.45, 7) is 5.82. The van der Waals surface area contributed by atoms with Gasteiger partial charge in [-0.2, -0.15) is 0 Å². The van der Waals surface area contributed by atoms with E-state index in [2.05, 4.69) is 11.6 Å². The highest BCUT2D eigenvalue weighted by atomic mass is 32.1. The lowest BCUT2D eigenvalue weighted by Crippen LogP contribution is -2.39. The van der Waals surface area contributed by atoms with Gasteiger partial charge in [-0.3, -0.25) is 9.36 Å². The number of esters is 1. The van der Waals surface area contributed by atoms with Gasteiger partial charge in [0.1, 0.15) is 12.4 Å². The maximum atomic E-state index is 13.5. The molecule has 1 unspecified atom stereocenters. The van der Waals surface area contributed by atoms with Crippen LogP contribution in [0.15, 0.2) is 88.3 Å². The van der Waals surface area contributed by atoms with Gasteiger partial charge in [0.05, 0.1) is 29.0 Å². The average molecular weight is 447 g/mol. The van der Waals surface area contributed by atoms with Crippen molar-refractivity contribution in [3.63, 3.8) is 0 Å². The van der Waals surface area contributed by atoms with Crippen molar-refractivity contribution in [2.24, 2.45) is 4.99 Å². The maximum absolute atomic E-state index is 13.5. The molecule has 0 fully saturated rings. The summed E-state index contributed by atoms with van der Waals surface area (Å²) < 4.78 is 12.7. The van der Waals surface area contributed by atoms with E-state index in [4.69, 9.17) is 9.47 Å². The fourth-order valence-electron chi connectivity index (χ4n) is 3.64. The van der Waals surface area contributed by atoms with E-state index in [1.165, 1.54) is 18.4 Å². The van der Waals surface area contributed by atoms with Gasteiger partial charge >= 0.3 is 5.97 Å². The number of rotatable bonds is 6. The molecule has 3 aromatic rings. The Labute approximate surface area is 189 Å². The number of hydrogen-bond acceptors (Lipinski definition) is 6. The third kappa shape index (κ3) is 4.07. The number of carbonyl (C=O) groups is 1. The van der Waals surface area contributed by atoms with Crippen LogP contribution in [0.1, 0.15) is 24.1 Å². The summed E-state index contributed by atoms with van der Waals surface area (Å²) in [4.78, 5) is 31.2. The average Bonchev–Trinajstić information content (AvgIpc) is 3.11. The zero-order valence-corrected chi connectivity index (χ0v) is 18.6. The van der Waals surface area contributed by atoms with Crippen LogP contribution in [-0.4, -0.2) is 24.3 Å². The predicted octanol–water partition coefficient (Wildman–Crippen LogP) is 2.97. The molecular formula is C25H22N2O4S. The van der Waals surface area contributed by atoms with Crippen molar-refractivity contribution in [1.82, 2.24) is 4.57 Å². The molecule has 2 aromatic carbocycles. The Balaban J connectivity index is 1.89. The molecule has 4 rings (SSSR count). The van der Waals surface area contributed by atoms with E-state index in [-0.39, 0.29) is 5.56 Å². The number of fused-ring (bicyclic) bond motifs is 1. The number of allylic oxidation sites excluding steroid dienone is 1. The molecule has 0 saturated heterocycles. The second-order valence-electron chi connectivity index (χ2n) is 7.16. The first-order valence-electron chi connectivity index (χ1n) is 10.0. The zero-order valence-electron chi connectivity index (χ0n) is 17.8. The minimum atomic E-state index is -0.607. The molecule has 0 amide bonds. The summed E-state index contributed by atoms with van der Waals surface area (Å²) in [5, 5.41) is 0. The van der Waals surface area contributed by atoms with Gasteiger partial charge in [-0.1, -0.05) is 66.5 Å². The molecule has 7 heteroatoms. The van der Waals surface area contributed by atoms with E-state index in [0.717, 1.165) is 11.1 Å². The van der Waals surface area contributed by atoms with Crippen molar-refractivity contribution in [1.29, 1.82) is 0 Å². The lowest BCUT2D eigenvalue weighted by Gasteiger charge is -2.24. The standard InChI is InChI=1S/C25H22N2O4S/c1-4-13-31-19-12-8-9-17(14-19)15-20-23(28)27-22(18-10-6-5-7-11-18)21(24(29)30-3)16(2)26-25(27)32-20/h4-12,14-15,22H,1,13H2,2-3H3. The van der Waals surface area contributed by atoms with E-state index in [9.17, 15) is 9.59 Å². The Hall–Kier alpha value is -3.71. The van der Waals surface area contributed by atoms with Crippen LogP contribution in [0.2, 0.25) is 0 Å². The quantitative estimate of drug-likeness (QED) is 0.431. The van der Waals surface area contributed by atoms with Crippen LogP contribution < -0.4 is 19.6 Å². The molecule has 0 aliphatic carbocycles. The van der Waals surface area contributed by atoms with Crippen LogP contribution in [0.5, 0.6) is 5.75 Å². The highest BCUT2D eigenvalue weighted by Crippen LogP contribution is 2.30. The number of thiazole rings is 1. The van der Waals surface area contributed by atoms with E-state index >= 15 is 0 Å². The Morgan fingerprint density at radius 1 is 1.22 bits per heavy atom. The summed E-state index contributed by atoms with van der Waals surface area (Å²) in [6, 6.07) is 16.3. The Morgan fingerprint density at radius 3 is 2.72 bits per heavy atom. The molecule has 1 atom stereocenters. The van der Waals surface area contributed by atoms with Gasteiger partial charge in [0.25, 0.3) is 5.56 Å². The normalized spacial score (nSPS) is 15.7. The summed E-state index contributed by atoms with van der Waals surface area (Å²) in [7, 11) is 1.33. The molecule has 6 nitrogen and oxygen atoms in total. The summed E-state index contributed by atoms with van der Waals surface area (Å²) >= 11 is 1.29. The third-order valence-corrected chi connectivity index (χ3v) is 6.05. The fraction of sp³-hybridized carbons (Fsp3) is 0.160. The summed E-state index contributed by atoms with van der Waals surface area (Å²) in [5.74, 6) is 0.193. The van der Waals surface area contributed by atoms with Crippen molar-refractivity contribution in [3.05, 3.63) is 109 Å². The van der Waals surface area contributed by atoms with Crippen molar-refractivity contribution < 1.29 is 14.3 Å². The molecule has 0 bridgehead atoms. The molecular weight excluding hydrogens is 424 g/mol. The second-order valence-corrected chi connectivity index (χ2v) is 8.17. The minimum absolute atomic E-state index is 0.214. The number of benzene rings is 2. The van der Waals surface area contributed by atoms with Crippen LogP contribution in [0.3, 0.4) is 0 Å². The Bertz CT molecular complexity index is 1380. The van der Waals surface area contributed by atoms with Crippen molar-refractivity contribution in [2.45, 2.75) is 13.0 Å². The first-order valence-corrected chi connectivity index (χ1v) is 10.8. The SMILES string of the molecule is C=CCOc1cccc(C=c2sc3n(c2=O)C(c2ccccc2)C(C(=O)OC)=C(C)N=3)c1.